The van der Waals surface area contributed by atoms with E-state index in [-0.39, 0.29) is 29.1 Å². The normalized spacial score (nSPS) is 14.4. The van der Waals surface area contributed by atoms with Gasteiger partial charge in [-0.25, -0.2) is 8.42 Å². The summed E-state index contributed by atoms with van der Waals surface area (Å²) in [5.41, 5.74) is 3.06. The maximum atomic E-state index is 14.2. The van der Waals surface area contributed by atoms with Crippen molar-refractivity contribution >= 4 is 39.1 Å². The zero-order valence-corrected chi connectivity index (χ0v) is 25.4. The maximum Gasteiger partial charge on any atom is 0.264 e. The lowest BCUT2D eigenvalue weighted by molar-refractivity contribution is -0.140. The number of nitrogens with zero attached hydrogens (tertiary/aromatic N) is 2. The highest BCUT2D eigenvalue weighted by Crippen LogP contribution is 2.27. The van der Waals surface area contributed by atoms with Gasteiger partial charge in [-0.3, -0.25) is 13.9 Å². The Morgan fingerprint density at radius 1 is 0.976 bits per heavy atom. The molecule has 1 aliphatic rings. The van der Waals surface area contributed by atoms with Crippen molar-refractivity contribution in [1.82, 2.24) is 10.2 Å². The van der Waals surface area contributed by atoms with Crippen LogP contribution >= 0.6 is 11.6 Å². The van der Waals surface area contributed by atoms with Crippen molar-refractivity contribution in [2.45, 2.75) is 76.4 Å². The number of anilines is 1. The van der Waals surface area contributed by atoms with E-state index in [0.717, 1.165) is 46.7 Å². The summed E-state index contributed by atoms with van der Waals surface area (Å²) < 4.78 is 29.0. The molecule has 0 spiro atoms. The van der Waals surface area contributed by atoms with Crippen LogP contribution in [0.1, 0.15) is 55.7 Å². The Morgan fingerprint density at radius 3 is 2.29 bits per heavy atom. The van der Waals surface area contributed by atoms with Crippen molar-refractivity contribution in [2.75, 3.05) is 10.8 Å². The van der Waals surface area contributed by atoms with Crippen LogP contribution in [0.3, 0.4) is 0 Å². The van der Waals surface area contributed by atoms with Gasteiger partial charge in [-0.1, -0.05) is 79.4 Å². The standard InChI is InChI=1S/C32H38ClN3O4S/c1-4-30(32(38)34-27-13-7-8-14-27)35(21-25-11-6-5-10-24(25)3)31(37)22-36(28-15-9-12-26(33)20-28)41(39,40)29-18-16-23(2)17-19-29/h5-6,9-12,15-20,27,30H,4,7-8,13-14,21-22H2,1-3H3,(H,34,38). The molecular formula is C32H38ClN3O4S. The smallest absolute Gasteiger partial charge is 0.264 e. The van der Waals surface area contributed by atoms with Gasteiger partial charge in [-0.2, -0.15) is 0 Å². The number of hydrogen-bond acceptors (Lipinski definition) is 4. The lowest BCUT2D eigenvalue weighted by atomic mass is 10.1. The molecular weight excluding hydrogens is 558 g/mol. The number of rotatable bonds is 11. The first kappa shape index (κ1) is 30.6. The summed E-state index contributed by atoms with van der Waals surface area (Å²) in [6, 6.07) is 20.0. The summed E-state index contributed by atoms with van der Waals surface area (Å²) in [5.74, 6) is -0.686. The van der Waals surface area contributed by atoms with E-state index in [1.165, 1.54) is 23.1 Å². The summed E-state index contributed by atoms with van der Waals surface area (Å²) in [7, 11) is -4.14. The fourth-order valence-electron chi connectivity index (χ4n) is 5.26. The zero-order chi connectivity index (χ0) is 29.6. The van der Waals surface area contributed by atoms with E-state index in [1.807, 2.05) is 45.0 Å². The van der Waals surface area contributed by atoms with Crippen LogP contribution in [-0.4, -0.2) is 43.8 Å². The van der Waals surface area contributed by atoms with E-state index in [9.17, 15) is 18.0 Å². The van der Waals surface area contributed by atoms with Crippen molar-refractivity contribution in [3.63, 3.8) is 0 Å². The lowest BCUT2D eigenvalue weighted by Gasteiger charge is -2.34. The Morgan fingerprint density at radius 2 is 1.66 bits per heavy atom. The van der Waals surface area contributed by atoms with Crippen molar-refractivity contribution in [2.24, 2.45) is 0 Å². The van der Waals surface area contributed by atoms with Crippen LogP contribution in [0.2, 0.25) is 5.02 Å². The molecule has 1 fully saturated rings. The molecule has 41 heavy (non-hydrogen) atoms. The predicted molar refractivity (Wildman–Crippen MR) is 163 cm³/mol. The van der Waals surface area contributed by atoms with Crippen molar-refractivity contribution < 1.29 is 18.0 Å². The van der Waals surface area contributed by atoms with Crippen LogP contribution in [0, 0.1) is 13.8 Å². The van der Waals surface area contributed by atoms with Crippen LogP contribution in [0.4, 0.5) is 5.69 Å². The fraction of sp³-hybridized carbons (Fsp3) is 0.375. The van der Waals surface area contributed by atoms with Crippen LogP contribution in [0.15, 0.2) is 77.7 Å². The van der Waals surface area contributed by atoms with Gasteiger partial charge in [0.1, 0.15) is 12.6 Å². The molecule has 9 heteroatoms. The molecule has 0 bridgehead atoms. The lowest BCUT2D eigenvalue weighted by Crippen LogP contribution is -2.53. The minimum absolute atomic E-state index is 0.0624. The number of hydrogen-bond donors (Lipinski definition) is 1. The van der Waals surface area contributed by atoms with E-state index in [2.05, 4.69) is 5.32 Å². The molecule has 2 amide bonds. The van der Waals surface area contributed by atoms with E-state index in [0.29, 0.717) is 11.4 Å². The highest BCUT2D eigenvalue weighted by molar-refractivity contribution is 7.92. The summed E-state index contributed by atoms with van der Waals surface area (Å²) in [6.45, 7) is 5.39. The van der Waals surface area contributed by atoms with E-state index in [1.54, 1.807) is 30.3 Å². The van der Waals surface area contributed by atoms with Gasteiger partial charge in [0.25, 0.3) is 10.0 Å². The fourth-order valence-corrected chi connectivity index (χ4v) is 6.85. The largest absolute Gasteiger partial charge is 0.352 e. The van der Waals surface area contributed by atoms with Gasteiger partial charge in [0.05, 0.1) is 10.6 Å². The van der Waals surface area contributed by atoms with Crippen LogP contribution < -0.4 is 9.62 Å². The Hall–Kier alpha value is -3.36. The van der Waals surface area contributed by atoms with Crippen LogP contribution in [0.5, 0.6) is 0 Å². The third-order valence-electron chi connectivity index (χ3n) is 7.67. The van der Waals surface area contributed by atoms with Gasteiger partial charge < -0.3 is 10.2 Å². The highest BCUT2D eigenvalue weighted by atomic mass is 35.5. The summed E-state index contributed by atoms with van der Waals surface area (Å²) in [6.07, 6.45) is 4.37. The zero-order valence-electron chi connectivity index (χ0n) is 23.8. The molecule has 0 saturated heterocycles. The van der Waals surface area contributed by atoms with Crippen LogP contribution in [-0.2, 0) is 26.2 Å². The molecule has 1 saturated carbocycles. The first-order valence-electron chi connectivity index (χ1n) is 14.1. The number of benzene rings is 3. The molecule has 1 unspecified atom stereocenters. The van der Waals surface area contributed by atoms with E-state index < -0.39 is 28.5 Å². The number of carbonyl (C=O) groups excluding carboxylic acids is 2. The molecule has 3 aromatic rings. The van der Waals surface area contributed by atoms with Gasteiger partial charge in [0.15, 0.2) is 0 Å². The molecule has 1 aliphatic carbocycles. The molecule has 218 valence electrons. The minimum atomic E-state index is -4.14. The Kier molecular flexibility index (Phi) is 10.1. The molecule has 1 N–H and O–H groups in total. The monoisotopic (exact) mass is 595 g/mol. The van der Waals surface area contributed by atoms with E-state index >= 15 is 0 Å². The summed E-state index contributed by atoms with van der Waals surface area (Å²) in [5, 5.41) is 3.48. The minimum Gasteiger partial charge on any atom is -0.352 e. The number of amides is 2. The molecule has 3 aromatic carbocycles. The molecule has 0 aromatic heterocycles. The molecule has 0 heterocycles. The first-order valence-corrected chi connectivity index (χ1v) is 15.9. The number of nitrogens with one attached hydrogen (secondary N) is 1. The molecule has 4 rings (SSSR count). The maximum absolute atomic E-state index is 14.2. The van der Waals surface area contributed by atoms with Crippen molar-refractivity contribution in [1.29, 1.82) is 0 Å². The average Bonchev–Trinajstić information content (AvgIpc) is 3.45. The summed E-state index contributed by atoms with van der Waals surface area (Å²) >= 11 is 6.26. The second kappa shape index (κ2) is 13.5. The molecule has 0 radical (unpaired) electrons. The average molecular weight is 596 g/mol. The van der Waals surface area contributed by atoms with Gasteiger partial charge in [-0.15, -0.1) is 0 Å². The number of halogens is 1. The highest BCUT2D eigenvalue weighted by Gasteiger charge is 2.34. The topological polar surface area (TPSA) is 86.8 Å². The second-order valence-electron chi connectivity index (χ2n) is 10.7. The van der Waals surface area contributed by atoms with Crippen molar-refractivity contribution in [3.8, 4) is 0 Å². The molecule has 7 nitrogen and oxygen atoms in total. The van der Waals surface area contributed by atoms with Gasteiger partial charge in [0, 0.05) is 17.6 Å². The number of aryl methyl sites for hydroxylation is 2. The molecule has 0 aliphatic heterocycles. The number of carbonyl (C=O) groups is 2. The van der Waals surface area contributed by atoms with Crippen LogP contribution in [0.25, 0.3) is 0 Å². The third kappa shape index (κ3) is 7.49. The SMILES string of the molecule is CCC(C(=O)NC1CCCC1)N(Cc1ccccc1C)C(=O)CN(c1cccc(Cl)c1)S(=O)(=O)c1ccc(C)cc1. The first-order chi connectivity index (χ1) is 19.6. The predicted octanol–water partition coefficient (Wildman–Crippen LogP) is 6.02. The van der Waals surface area contributed by atoms with Gasteiger partial charge >= 0.3 is 0 Å². The second-order valence-corrected chi connectivity index (χ2v) is 13.0. The Balaban J connectivity index is 1.72. The van der Waals surface area contributed by atoms with Gasteiger partial charge in [0.2, 0.25) is 11.8 Å². The molecule has 1 atom stereocenters. The van der Waals surface area contributed by atoms with E-state index in [4.69, 9.17) is 11.6 Å². The Labute approximate surface area is 248 Å². The quantitative estimate of drug-likeness (QED) is 0.294. The Bertz CT molecular complexity index is 1470. The third-order valence-corrected chi connectivity index (χ3v) is 9.70. The number of sulfonamides is 1. The van der Waals surface area contributed by atoms with Gasteiger partial charge in [-0.05, 0) is 74.6 Å². The summed E-state index contributed by atoms with van der Waals surface area (Å²) in [4.78, 5) is 29.3. The van der Waals surface area contributed by atoms with Crippen molar-refractivity contribution in [3.05, 3.63) is 94.5 Å².